The van der Waals surface area contributed by atoms with Crippen molar-refractivity contribution in [2.24, 2.45) is 5.73 Å². The van der Waals surface area contributed by atoms with E-state index < -0.39 is 73.2 Å². The lowest BCUT2D eigenvalue weighted by Crippen LogP contribution is -2.56. The molecule has 4 unspecified atom stereocenters. The molecule has 12 nitrogen and oxygen atoms in total. The third-order valence-electron chi connectivity index (χ3n) is 3.06. The first kappa shape index (κ1) is 22.3. The van der Waals surface area contributed by atoms with Gasteiger partial charge in [-0.1, -0.05) is 0 Å². The van der Waals surface area contributed by atoms with Crippen molar-refractivity contribution in [3.05, 3.63) is 0 Å². The molecule has 0 radical (unpaired) electrons. The predicted molar refractivity (Wildman–Crippen MR) is 80.3 cm³/mol. The van der Waals surface area contributed by atoms with Crippen LogP contribution in [0.2, 0.25) is 0 Å². The topological polar surface area (TPSA) is 216 Å². The molecule has 2 amide bonds. The summed E-state index contributed by atoms with van der Waals surface area (Å²) in [6.07, 6.45) is -3.09. The third-order valence-corrected chi connectivity index (χ3v) is 3.06. The van der Waals surface area contributed by atoms with Crippen LogP contribution in [0.5, 0.6) is 0 Å². The molecule has 0 aliphatic rings. The summed E-state index contributed by atoms with van der Waals surface area (Å²) in [5.41, 5.74) is 5.35. The Morgan fingerprint density at radius 2 is 1.52 bits per heavy atom. The quantitative estimate of drug-likeness (QED) is 0.198. The number of aliphatic hydroxyl groups excluding tert-OH is 1. The van der Waals surface area contributed by atoms with Gasteiger partial charge in [0.25, 0.3) is 0 Å². The van der Waals surface area contributed by atoms with E-state index in [0.29, 0.717) is 0 Å². The van der Waals surface area contributed by atoms with E-state index in [1.807, 2.05) is 5.32 Å². The van der Waals surface area contributed by atoms with Crippen molar-refractivity contribution in [1.82, 2.24) is 10.6 Å². The zero-order valence-corrected chi connectivity index (χ0v) is 13.3. The summed E-state index contributed by atoms with van der Waals surface area (Å²) in [6, 6.07) is -4.63. The van der Waals surface area contributed by atoms with Crippen molar-refractivity contribution < 1.29 is 44.4 Å². The van der Waals surface area contributed by atoms with E-state index in [0.717, 1.165) is 6.92 Å². The normalized spacial score (nSPS) is 15.3. The van der Waals surface area contributed by atoms with Crippen LogP contribution in [-0.2, 0) is 24.0 Å². The highest BCUT2D eigenvalue weighted by Gasteiger charge is 2.30. The number of hydrogen-bond donors (Lipinski definition) is 7. The zero-order chi connectivity index (χ0) is 19.7. The van der Waals surface area contributed by atoms with Gasteiger partial charge in [0.15, 0.2) is 6.04 Å². The fraction of sp³-hybridized carbons (Fsp3) is 0.615. The molecule has 142 valence electrons. The fourth-order valence-corrected chi connectivity index (χ4v) is 1.74. The molecule has 0 aliphatic carbocycles. The first-order valence-electron chi connectivity index (χ1n) is 7.16. The lowest BCUT2D eigenvalue weighted by Gasteiger charge is -2.23. The number of rotatable bonds is 11. The summed E-state index contributed by atoms with van der Waals surface area (Å²) in [7, 11) is 0. The van der Waals surface area contributed by atoms with Crippen LogP contribution in [-0.4, -0.2) is 74.4 Å². The van der Waals surface area contributed by atoms with Crippen molar-refractivity contribution in [2.75, 3.05) is 0 Å². The first-order chi connectivity index (χ1) is 11.5. The maximum absolute atomic E-state index is 12.1. The first-order valence-corrected chi connectivity index (χ1v) is 7.16. The maximum Gasteiger partial charge on any atom is 0.328 e. The summed E-state index contributed by atoms with van der Waals surface area (Å²) in [4.78, 5) is 56.1. The van der Waals surface area contributed by atoms with Gasteiger partial charge in [-0.2, -0.15) is 0 Å². The number of aliphatic hydroxyl groups is 1. The van der Waals surface area contributed by atoms with Crippen molar-refractivity contribution in [3.8, 4) is 0 Å². The molecule has 12 heteroatoms. The molecule has 8 N–H and O–H groups in total. The predicted octanol–water partition coefficient (Wildman–Crippen LogP) is -2.91. The Morgan fingerprint density at radius 3 is 1.92 bits per heavy atom. The Kier molecular flexibility index (Phi) is 9.09. The Balaban J connectivity index is 5.10. The summed E-state index contributed by atoms with van der Waals surface area (Å²) in [5, 5.41) is 39.6. The van der Waals surface area contributed by atoms with Crippen LogP contribution in [0.4, 0.5) is 0 Å². The molecule has 0 bridgehead atoms. The van der Waals surface area contributed by atoms with Gasteiger partial charge in [0.2, 0.25) is 11.8 Å². The minimum atomic E-state index is -1.68. The average molecular weight is 363 g/mol. The van der Waals surface area contributed by atoms with Gasteiger partial charge in [0.1, 0.15) is 6.04 Å². The van der Waals surface area contributed by atoms with Gasteiger partial charge in [-0.15, -0.1) is 0 Å². The molecule has 0 spiro atoms. The number of amides is 2. The van der Waals surface area contributed by atoms with E-state index in [-0.39, 0.29) is 0 Å². The van der Waals surface area contributed by atoms with Crippen molar-refractivity contribution in [1.29, 1.82) is 0 Å². The molecule has 25 heavy (non-hydrogen) atoms. The van der Waals surface area contributed by atoms with Gasteiger partial charge >= 0.3 is 17.9 Å². The van der Waals surface area contributed by atoms with Gasteiger partial charge in [0, 0.05) is 6.42 Å². The Morgan fingerprint density at radius 1 is 0.960 bits per heavy atom. The summed E-state index contributed by atoms with van der Waals surface area (Å²) < 4.78 is 0. The van der Waals surface area contributed by atoms with E-state index in [4.69, 9.17) is 21.1 Å². The van der Waals surface area contributed by atoms with E-state index in [9.17, 15) is 29.1 Å². The van der Waals surface area contributed by atoms with Crippen LogP contribution in [0.1, 0.15) is 26.2 Å². The number of nitrogens with two attached hydrogens (primary N) is 1. The lowest BCUT2D eigenvalue weighted by atomic mass is 10.1. The third kappa shape index (κ3) is 8.62. The van der Waals surface area contributed by atoms with Gasteiger partial charge in [-0.25, -0.2) is 4.79 Å². The minimum Gasteiger partial charge on any atom is -0.481 e. The maximum atomic E-state index is 12.1. The molecule has 0 saturated heterocycles. The van der Waals surface area contributed by atoms with Gasteiger partial charge in [-0.05, 0) is 13.3 Å². The number of aliphatic carboxylic acids is 3. The molecular formula is C13H21N3O9. The van der Waals surface area contributed by atoms with Crippen molar-refractivity contribution >= 4 is 29.7 Å². The van der Waals surface area contributed by atoms with Crippen LogP contribution in [0.3, 0.4) is 0 Å². The average Bonchev–Trinajstić information content (AvgIpc) is 2.46. The van der Waals surface area contributed by atoms with Gasteiger partial charge in [-0.3, -0.25) is 19.2 Å². The van der Waals surface area contributed by atoms with Crippen LogP contribution < -0.4 is 16.4 Å². The number of carbonyl (C=O) groups is 5. The molecule has 0 aromatic rings. The Bertz CT molecular complexity index is 535. The smallest absolute Gasteiger partial charge is 0.328 e. The molecule has 0 aromatic carbocycles. The SMILES string of the molecule is CC(O)C(NC(=O)C(CCC(=O)O)NC(=O)C(N)CC(=O)O)C(=O)O. The van der Waals surface area contributed by atoms with E-state index in [1.165, 1.54) is 0 Å². The van der Waals surface area contributed by atoms with Crippen molar-refractivity contribution in [2.45, 2.75) is 50.4 Å². The lowest BCUT2D eigenvalue weighted by molar-refractivity contribution is -0.146. The van der Waals surface area contributed by atoms with E-state index in [1.54, 1.807) is 0 Å². The second-order valence-corrected chi connectivity index (χ2v) is 5.26. The monoisotopic (exact) mass is 363 g/mol. The molecule has 4 atom stereocenters. The fourth-order valence-electron chi connectivity index (χ4n) is 1.74. The highest BCUT2D eigenvalue weighted by Crippen LogP contribution is 2.02. The molecule has 0 fully saturated rings. The van der Waals surface area contributed by atoms with Gasteiger partial charge in [0.05, 0.1) is 18.6 Å². The Hall–Kier alpha value is -2.73. The number of nitrogens with one attached hydrogen (secondary N) is 2. The number of carbonyl (C=O) groups excluding carboxylic acids is 2. The van der Waals surface area contributed by atoms with E-state index in [2.05, 4.69) is 5.32 Å². The summed E-state index contributed by atoms with van der Waals surface area (Å²) in [6.45, 7) is 1.12. The number of carboxylic acids is 3. The second-order valence-electron chi connectivity index (χ2n) is 5.26. The van der Waals surface area contributed by atoms with Crippen LogP contribution in [0, 0.1) is 0 Å². The molecule has 0 aliphatic heterocycles. The largest absolute Gasteiger partial charge is 0.481 e. The summed E-state index contributed by atoms with van der Waals surface area (Å²) in [5.74, 6) is -6.22. The standard InChI is InChI=1S/C13H21N3O9/c1-5(17)10(13(24)25)16-12(23)7(2-3-8(18)19)15-11(22)6(14)4-9(20)21/h5-7,10,17H,2-4,14H2,1H3,(H,15,22)(H,16,23)(H,18,19)(H,20,21)(H,24,25). The molecular weight excluding hydrogens is 342 g/mol. The minimum absolute atomic E-state index is 0.390. The number of hydrogen-bond acceptors (Lipinski definition) is 7. The number of carboxylic acid groups (broad SMARTS) is 3. The second kappa shape index (κ2) is 10.2. The summed E-state index contributed by atoms with van der Waals surface area (Å²) >= 11 is 0. The molecule has 0 saturated carbocycles. The van der Waals surface area contributed by atoms with Crippen LogP contribution in [0.25, 0.3) is 0 Å². The zero-order valence-electron chi connectivity index (χ0n) is 13.3. The van der Waals surface area contributed by atoms with Crippen LogP contribution in [0.15, 0.2) is 0 Å². The highest BCUT2D eigenvalue weighted by molar-refractivity contribution is 5.93. The van der Waals surface area contributed by atoms with Crippen molar-refractivity contribution in [3.63, 3.8) is 0 Å². The van der Waals surface area contributed by atoms with E-state index >= 15 is 0 Å². The molecule has 0 aromatic heterocycles. The molecule has 0 rings (SSSR count). The molecule has 0 heterocycles. The van der Waals surface area contributed by atoms with Gasteiger partial charge < -0.3 is 36.8 Å². The van der Waals surface area contributed by atoms with Crippen LogP contribution >= 0.6 is 0 Å². The highest BCUT2D eigenvalue weighted by atomic mass is 16.4. The Labute approximate surface area is 142 Å².